The Kier molecular flexibility index (Phi) is 3.79. The average molecular weight is 262 g/mol. The SMILES string of the molecule is NC(=O)c1cc(NCc2ccncc2)ccc1Cl. The van der Waals surface area contributed by atoms with Gasteiger partial charge in [0.15, 0.2) is 0 Å². The second kappa shape index (κ2) is 5.51. The van der Waals surface area contributed by atoms with Crippen molar-refractivity contribution < 1.29 is 4.79 Å². The molecule has 5 heteroatoms. The molecular formula is C13H12ClN3O. The Morgan fingerprint density at radius 3 is 2.67 bits per heavy atom. The molecule has 2 aromatic rings. The molecule has 1 amide bonds. The molecule has 1 aromatic carbocycles. The minimum Gasteiger partial charge on any atom is -0.381 e. The number of carbonyl (C=O) groups is 1. The van der Waals surface area contributed by atoms with E-state index in [-0.39, 0.29) is 0 Å². The van der Waals surface area contributed by atoms with Crippen LogP contribution in [-0.4, -0.2) is 10.9 Å². The molecule has 0 atom stereocenters. The largest absolute Gasteiger partial charge is 0.381 e. The zero-order valence-electron chi connectivity index (χ0n) is 9.56. The maximum Gasteiger partial charge on any atom is 0.250 e. The van der Waals surface area contributed by atoms with Crippen molar-refractivity contribution in [1.29, 1.82) is 0 Å². The van der Waals surface area contributed by atoms with Gasteiger partial charge in [-0.1, -0.05) is 11.6 Å². The van der Waals surface area contributed by atoms with E-state index in [0.29, 0.717) is 17.1 Å². The Morgan fingerprint density at radius 2 is 2.00 bits per heavy atom. The Balaban J connectivity index is 2.11. The highest BCUT2D eigenvalue weighted by Crippen LogP contribution is 2.20. The lowest BCUT2D eigenvalue weighted by molar-refractivity contribution is 0.100. The van der Waals surface area contributed by atoms with Crippen LogP contribution in [0, 0.1) is 0 Å². The van der Waals surface area contributed by atoms with Gasteiger partial charge in [-0.3, -0.25) is 9.78 Å². The number of pyridine rings is 1. The number of anilines is 1. The number of hydrogen-bond donors (Lipinski definition) is 2. The maximum absolute atomic E-state index is 11.1. The second-order valence-corrected chi connectivity index (χ2v) is 4.18. The van der Waals surface area contributed by atoms with Crippen molar-refractivity contribution in [2.45, 2.75) is 6.54 Å². The molecule has 0 bridgehead atoms. The molecule has 0 unspecified atom stereocenters. The topological polar surface area (TPSA) is 68.0 Å². The first-order chi connectivity index (χ1) is 8.66. The molecule has 92 valence electrons. The molecule has 18 heavy (non-hydrogen) atoms. The number of halogens is 1. The number of primary amides is 1. The van der Waals surface area contributed by atoms with E-state index in [1.807, 2.05) is 12.1 Å². The normalized spacial score (nSPS) is 10.1. The molecule has 2 rings (SSSR count). The van der Waals surface area contributed by atoms with Crippen LogP contribution < -0.4 is 11.1 Å². The number of aromatic nitrogens is 1. The number of rotatable bonds is 4. The molecular weight excluding hydrogens is 250 g/mol. The highest BCUT2D eigenvalue weighted by atomic mass is 35.5. The molecule has 4 nitrogen and oxygen atoms in total. The number of nitrogens with two attached hydrogens (primary N) is 1. The summed E-state index contributed by atoms with van der Waals surface area (Å²) in [4.78, 5) is 15.1. The molecule has 0 radical (unpaired) electrons. The summed E-state index contributed by atoms with van der Waals surface area (Å²) >= 11 is 5.87. The highest BCUT2D eigenvalue weighted by molar-refractivity contribution is 6.33. The fraction of sp³-hybridized carbons (Fsp3) is 0.0769. The van der Waals surface area contributed by atoms with Crippen LogP contribution in [0.15, 0.2) is 42.7 Å². The Morgan fingerprint density at radius 1 is 1.28 bits per heavy atom. The van der Waals surface area contributed by atoms with Crippen LogP contribution in [0.25, 0.3) is 0 Å². The van der Waals surface area contributed by atoms with Gasteiger partial charge in [0.25, 0.3) is 0 Å². The number of amides is 1. The number of hydrogen-bond acceptors (Lipinski definition) is 3. The van der Waals surface area contributed by atoms with Crippen molar-refractivity contribution in [3.8, 4) is 0 Å². The summed E-state index contributed by atoms with van der Waals surface area (Å²) < 4.78 is 0. The minimum atomic E-state index is -0.535. The van der Waals surface area contributed by atoms with Gasteiger partial charge in [-0.2, -0.15) is 0 Å². The van der Waals surface area contributed by atoms with Gasteiger partial charge in [-0.25, -0.2) is 0 Å². The van der Waals surface area contributed by atoms with Crippen molar-refractivity contribution in [3.63, 3.8) is 0 Å². The molecule has 1 heterocycles. The third-order valence-corrected chi connectivity index (χ3v) is 2.81. The van der Waals surface area contributed by atoms with Crippen LogP contribution in [0.5, 0.6) is 0 Å². The number of nitrogens with zero attached hydrogens (tertiary/aromatic N) is 1. The molecule has 0 aliphatic carbocycles. The van der Waals surface area contributed by atoms with Crippen LogP contribution in [0.1, 0.15) is 15.9 Å². The maximum atomic E-state index is 11.1. The van der Waals surface area contributed by atoms with Gasteiger partial charge in [0.1, 0.15) is 0 Å². The number of nitrogens with one attached hydrogen (secondary N) is 1. The average Bonchev–Trinajstić information content (AvgIpc) is 2.38. The third-order valence-electron chi connectivity index (χ3n) is 2.48. The number of carbonyl (C=O) groups excluding carboxylic acids is 1. The van der Waals surface area contributed by atoms with Crippen molar-refractivity contribution in [2.75, 3.05) is 5.32 Å². The standard InChI is InChI=1S/C13H12ClN3O/c14-12-2-1-10(7-11(12)13(15)18)17-8-9-3-5-16-6-4-9/h1-7,17H,8H2,(H2,15,18). The molecule has 0 spiro atoms. The first-order valence-electron chi connectivity index (χ1n) is 5.39. The van der Waals surface area contributed by atoms with Crippen molar-refractivity contribution in [3.05, 3.63) is 58.9 Å². The Labute approximate surface area is 110 Å². The summed E-state index contributed by atoms with van der Waals surface area (Å²) in [6.45, 7) is 0.641. The number of benzene rings is 1. The first kappa shape index (κ1) is 12.4. The lowest BCUT2D eigenvalue weighted by Gasteiger charge is -2.08. The van der Waals surface area contributed by atoms with E-state index in [1.54, 1.807) is 30.6 Å². The van der Waals surface area contributed by atoms with Crippen molar-refractivity contribution in [1.82, 2.24) is 4.98 Å². The molecule has 0 saturated carbocycles. The predicted molar refractivity (Wildman–Crippen MR) is 71.5 cm³/mol. The molecule has 0 aliphatic rings. The van der Waals surface area contributed by atoms with Gasteiger partial charge >= 0.3 is 0 Å². The van der Waals surface area contributed by atoms with E-state index in [9.17, 15) is 4.79 Å². The molecule has 1 aromatic heterocycles. The fourth-order valence-corrected chi connectivity index (χ4v) is 1.74. The quantitative estimate of drug-likeness (QED) is 0.888. The Bertz CT molecular complexity index is 557. The molecule has 0 fully saturated rings. The molecule has 3 N–H and O–H groups in total. The second-order valence-electron chi connectivity index (χ2n) is 3.77. The van der Waals surface area contributed by atoms with Gasteiger partial charge in [0.05, 0.1) is 10.6 Å². The predicted octanol–water partition coefficient (Wildman–Crippen LogP) is 2.45. The van der Waals surface area contributed by atoms with E-state index in [2.05, 4.69) is 10.3 Å². The van der Waals surface area contributed by atoms with E-state index in [4.69, 9.17) is 17.3 Å². The first-order valence-corrected chi connectivity index (χ1v) is 5.77. The Hall–Kier alpha value is -2.07. The van der Waals surface area contributed by atoms with Gasteiger partial charge in [-0.15, -0.1) is 0 Å². The zero-order chi connectivity index (χ0) is 13.0. The van der Waals surface area contributed by atoms with Gasteiger partial charge in [0.2, 0.25) is 5.91 Å². The lowest BCUT2D eigenvalue weighted by atomic mass is 10.2. The van der Waals surface area contributed by atoms with E-state index in [0.717, 1.165) is 11.3 Å². The van der Waals surface area contributed by atoms with Crippen LogP contribution in [-0.2, 0) is 6.54 Å². The third kappa shape index (κ3) is 2.99. The van der Waals surface area contributed by atoms with Crippen LogP contribution in [0.4, 0.5) is 5.69 Å². The van der Waals surface area contributed by atoms with Crippen molar-refractivity contribution in [2.24, 2.45) is 5.73 Å². The molecule has 0 saturated heterocycles. The lowest BCUT2D eigenvalue weighted by Crippen LogP contribution is -2.12. The van der Waals surface area contributed by atoms with Gasteiger partial charge < -0.3 is 11.1 Å². The minimum absolute atomic E-state index is 0.316. The fourth-order valence-electron chi connectivity index (χ4n) is 1.53. The summed E-state index contributed by atoms with van der Waals surface area (Å²) in [7, 11) is 0. The highest BCUT2D eigenvalue weighted by Gasteiger charge is 2.07. The van der Waals surface area contributed by atoms with E-state index in [1.165, 1.54) is 0 Å². The smallest absolute Gasteiger partial charge is 0.250 e. The summed E-state index contributed by atoms with van der Waals surface area (Å²) in [5, 5.41) is 3.55. The molecule has 0 aliphatic heterocycles. The zero-order valence-corrected chi connectivity index (χ0v) is 10.3. The van der Waals surface area contributed by atoms with Crippen LogP contribution in [0.3, 0.4) is 0 Å². The van der Waals surface area contributed by atoms with Crippen LogP contribution in [0.2, 0.25) is 5.02 Å². The van der Waals surface area contributed by atoms with E-state index < -0.39 is 5.91 Å². The summed E-state index contributed by atoms with van der Waals surface area (Å²) in [6, 6.07) is 8.92. The summed E-state index contributed by atoms with van der Waals surface area (Å²) in [6.07, 6.45) is 3.46. The van der Waals surface area contributed by atoms with Crippen LogP contribution >= 0.6 is 11.6 Å². The summed E-state index contributed by atoms with van der Waals surface area (Å²) in [5.74, 6) is -0.535. The van der Waals surface area contributed by atoms with Gasteiger partial charge in [0, 0.05) is 24.6 Å². The van der Waals surface area contributed by atoms with Gasteiger partial charge in [-0.05, 0) is 35.9 Å². The monoisotopic (exact) mass is 261 g/mol. The summed E-state index contributed by atoms with van der Waals surface area (Å²) in [5.41, 5.74) is 7.44. The van der Waals surface area contributed by atoms with E-state index >= 15 is 0 Å². The van der Waals surface area contributed by atoms with Crippen molar-refractivity contribution >= 4 is 23.2 Å².